The van der Waals surface area contributed by atoms with Gasteiger partial charge in [-0.05, 0) is 28.7 Å². The third-order valence-corrected chi connectivity index (χ3v) is 0.930. The summed E-state index contributed by atoms with van der Waals surface area (Å²) in [5.41, 5.74) is 0. The maximum absolute atomic E-state index is 5.47. The standard InChI is InChI=1S/C5H5ClIN/c1-2-3-5(6)8-4-7/h2-4H,1H2/b5-3-,8-4-. The Morgan fingerprint density at radius 3 is 2.75 bits per heavy atom. The van der Waals surface area contributed by atoms with Crippen molar-refractivity contribution in [2.75, 3.05) is 0 Å². The van der Waals surface area contributed by atoms with Crippen molar-refractivity contribution in [3.8, 4) is 0 Å². The summed E-state index contributed by atoms with van der Waals surface area (Å²) in [6.07, 6.45) is 3.21. The van der Waals surface area contributed by atoms with Gasteiger partial charge in [0.1, 0.15) is 5.16 Å². The monoisotopic (exact) mass is 241 g/mol. The lowest BCUT2D eigenvalue weighted by Gasteiger charge is -1.79. The van der Waals surface area contributed by atoms with E-state index < -0.39 is 0 Å². The van der Waals surface area contributed by atoms with Gasteiger partial charge < -0.3 is 0 Å². The second-order valence-corrected chi connectivity index (χ2v) is 1.90. The molecular weight excluding hydrogens is 236 g/mol. The smallest absolute Gasteiger partial charge is 0.129 e. The Balaban J connectivity index is 3.79. The fourth-order valence-electron chi connectivity index (χ4n) is 0.187. The highest BCUT2D eigenvalue weighted by atomic mass is 127. The molecule has 0 N–H and O–H groups in total. The molecule has 0 atom stereocenters. The van der Waals surface area contributed by atoms with Crippen molar-refractivity contribution in [2.45, 2.75) is 0 Å². The van der Waals surface area contributed by atoms with Crippen LogP contribution in [0.5, 0.6) is 0 Å². The molecule has 1 nitrogen and oxygen atoms in total. The number of hydrogen-bond donors (Lipinski definition) is 0. The van der Waals surface area contributed by atoms with E-state index in [2.05, 4.69) is 11.6 Å². The minimum atomic E-state index is 0.453. The van der Waals surface area contributed by atoms with Gasteiger partial charge in [-0.2, -0.15) is 0 Å². The fourth-order valence-corrected chi connectivity index (χ4v) is 0.790. The summed E-state index contributed by atoms with van der Waals surface area (Å²) in [6, 6.07) is 0. The molecule has 0 aliphatic heterocycles. The van der Waals surface area contributed by atoms with Crippen LogP contribution in [0.2, 0.25) is 0 Å². The molecule has 0 aliphatic rings. The second kappa shape index (κ2) is 5.31. The number of hydrogen-bond acceptors (Lipinski definition) is 1. The van der Waals surface area contributed by atoms with Gasteiger partial charge in [0.2, 0.25) is 0 Å². The van der Waals surface area contributed by atoms with Crippen LogP contribution >= 0.6 is 34.2 Å². The number of nitrogens with zero attached hydrogens (tertiary/aromatic N) is 1. The van der Waals surface area contributed by atoms with E-state index in [9.17, 15) is 0 Å². The van der Waals surface area contributed by atoms with Gasteiger partial charge in [0.05, 0.1) is 4.22 Å². The topological polar surface area (TPSA) is 12.4 Å². The Kier molecular flexibility index (Phi) is 5.42. The number of rotatable bonds is 2. The molecule has 0 bridgehead atoms. The lowest BCUT2D eigenvalue weighted by molar-refractivity contribution is 1.55. The van der Waals surface area contributed by atoms with Crippen LogP contribution in [-0.4, -0.2) is 4.22 Å². The van der Waals surface area contributed by atoms with Crippen LogP contribution in [0.25, 0.3) is 0 Å². The maximum atomic E-state index is 5.47. The van der Waals surface area contributed by atoms with Gasteiger partial charge in [0.25, 0.3) is 0 Å². The molecule has 0 aromatic rings. The summed E-state index contributed by atoms with van der Waals surface area (Å²) in [5, 5.41) is 0.453. The zero-order valence-corrected chi connectivity index (χ0v) is 7.06. The molecule has 0 saturated carbocycles. The molecule has 0 amide bonds. The molecule has 0 aromatic heterocycles. The van der Waals surface area contributed by atoms with Gasteiger partial charge >= 0.3 is 0 Å². The van der Waals surface area contributed by atoms with Gasteiger partial charge in [-0.1, -0.05) is 24.3 Å². The number of allylic oxidation sites excluding steroid dienone is 2. The van der Waals surface area contributed by atoms with Crippen molar-refractivity contribution >= 4 is 38.4 Å². The van der Waals surface area contributed by atoms with E-state index in [0.717, 1.165) is 0 Å². The lowest BCUT2D eigenvalue weighted by Crippen LogP contribution is -1.58. The highest BCUT2D eigenvalue weighted by Gasteiger charge is 1.76. The first-order chi connectivity index (χ1) is 3.81. The SMILES string of the molecule is C=C/C=C(Cl)\N=C/I. The predicted molar refractivity (Wildman–Crippen MR) is 46.6 cm³/mol. The molecule has 0 aliphatic carbocycles. The first-order valence-corrected chi connectivity index (χ1v) is 3.54. The molecule has 0 fully saturated rings. The number of aliphatic imine (C=N–C) groups is 1. The third-order valence-electron chi connectivity index (χ3n) is 0.428. The first kappa shape index (κ1) is 8.17. The van der Waals surface area contributed by atoms with E-state index in [1.807, 2.05) is 22.6 Å². The van der Waals surface area contributed by atoms with Crippen LogP contribution in [0.4, 0.5) is 0 Å². The summed E-state index contributed by atoms with van der Waals surface area (Å²) < 4.78 is 1.60. The van der Waals surface area contributed by atoms with Crippen molar-refractivity contribution in [1.82, 2.24) is 0 Å². The molecule has 0 radical (unpaired) electrons. The van der Waals surface area contributed by atoms with E-state index in [1.54, 1.807) is 16.4 Å². The Morgan fingerprint density at radius 1 is 1.75 bits per heavy atom. The van der Waals surface area contributed by atoms with Gasteiger partial charge in [-0.3, -0.25) is 0 Å². The summed E-state index contributed by atoms with van der Waals surface area (Å²) >= 11 is 7.46. The normalized spacial score (nSPS) is 12.5. The van der Waals surface area contributed by atoms with Crippen molar-refractivity contribution in [1.29, 1.82) is 0 Å². The Morgan fingerprint density at radius 2 is 2.38 bits per heavy atom. The quantitative estimate of drug-likeness (QED) is 0.305. The molecule has 0 rings (SSSR count). The first-order valence-electron chi connectivity index (χ1n) is 1.92. The maximum Gasteiger partial charge on any atom is 0.129 e. The summed E-state index contributed by atoms with van der Waals surface area (Å²) in [7, 11) is 0. The Bertz CT molecular complexity index is 128. The molecule has 44 valence electrons. The highest BCUT2D eigenvalue weighted by molar-refractivity contribution is 14.1. The largest absolute Gasteiger partial charge is 0.238 e. The van der Waals surface area contributed by atoms with Gasteiger partial charge in [0, 0.05) is 0 Å². The average molecular weight is 241 g/mol. The van der Waals surface area contributed by atoms with Crippen LogP contribution in [0, 0.1) is 0 Å². The highest BCUT2D eigenvalue weighted by Crippen LogP contribution is 2.01. The van der Waals surface area contributed by atoms with Crippen LogP contribution < -0.4 is 0 Å². The van der Waals surface area contributed by atoms with Crippen LogP contribution in [-0.2, 0) is 0 Å². The fraction of sp³-hybridized carbons (Fsp3) is 0. The molecular formula is C5H5ClIN. The van der Waals surface area contributed by atoms with Crippen molar-refractivity contribution < 1.29 is 0 Å². The predicted octanol–water partition coefficient (Wildman–Crippen LogP) is 2.72. The van der Waals surface area contributed by atoms with Gasteiger partial charge in [-0.15, -0.1) is 0 Å². The zero-order chi connectivity index (χ0) is 6.41. The minimum absolute atomic E-state index is 0.453. The van der Waals surface area contributed by atoms with Crippen molar-refractivity contribution in [3.63, 3.8) is 0 Å². The molecule has 0 unspecified atom stereocenters. The molecule has 8 heavy (non-hydrogen) atoms. The molecule has 0 saturated heterocycles. The van der Waals surface area contributed by atoms with Gasteiger partial charge in [0.15, 0.2) is 0 Å². The molecule has 0 spiro atoms. The van der Waals surface area contributed by atoms with E-state index in [0.29, 0.717) is 5.16 Å². The van der Waals surface area contributed by atoms with E-state index in [-0.39, 0.29) is 0 Å². The minimum Gasteiger partial charge on any atom is -0.238 e. The van der Waals surface area contributed by atoms with Crippen molar-refractivity contribution in [2.24, 2.45) is 4.99 Å². The van der Waals surface area contributed by atoms with Crippen LogP contribution in [0.1, 0.15) is 0 Å². The average Bonchev–Trinajstić information content (AvgIpc) is 1.68. The lowest BCUT2D eigenvalue weighted by atomic mass is 10.6. The third kappa shape index (κ3) is 4.33. The summed E-state index contributed by atoms with van der Waals surface area (Å²) in [4.78, 5) is 3.73. The van der Waals surface area contributed by atoms with Crippen LogP contribution in [0.15, 0.2) is 28.9 Å². The zero-order valence-electron chi connectivity index (χ0n) is 4.14. The Labute approximate surface area is 67.3 Å². The van der Waals surface area contributed by atoms with Crippen molar-refractivity contribution in [3.05, 3.63) is 23.9 Å². The van der Waals surface area contributed by atoms with E-state index in [4.69, 9.17) is 11.6 Å². The van der Waals surface area contributed by atoms with Gasteiger partial charge in [-0.25, -0.2) is 4.99 Å². The molecule has 0 heterocycles. The van der Waals surface area contributed by atoms with Crippen LogP contribution in [0.3, 0.4) is 0 Å². The summed E-state index contributed by atoms with van der Waals surface area (Å²) in [6.45, 7) is 3.45. The molecule has 0 aromatic carbocycles. The second-order valence-electron chi connectivity index (χ2n) is 0.952. The molecule has 3 heteroatoms. The Hall–Kier alpha value is 0.170. The van der Waals surface area contributed by atoms with E-state index >= 15 is 0 Å². The van der Waals surface area contributed by atoms with E-state index in [1.165, 1.54) is 0 Å². The summed E-state index contributed by atoms with van der Waals surface area (Å²) in [5.74, 6) is 0. The number of halogens is 2.